The molecule has 1 heterocycles. The zero-order valence-electron chi connectivity index (χ0n) is 14.7. The van der Waals surface area contributed by atoms with Crippen molar-refractivity contribution >= 4 is 28.5 Å². The third-order valence-electron chi connectivity index (χ3n) is 4.21. The smallest absolute Gasteiger partial charge is 0.307 e. The van der Waals surface area contributed by atoms with E-state index in [9.17, 15) is 18.8 Å². The summed E-state index contributed by atoms with van der Waals surface area (Å²) in [4.78, 5) is 40.4. The molecule has 2 aromatic carbocycles. The minimum absolute atomic E-state index is 0.187. The Hall–Kier alpha value is -3.55. The molecule has 0 radical (unpaired) electrons. The molecule has 0 unspecified atom stereocenters. The van der Waals surface area contributed by atoms with Crippen LogP contribution < -0.4 is 16.2 Å². The maximum Gasteiger partial charge on any atom is 0.325 e. The van der Waals surface area contributed by atoms with E-state index in [1.165, 1.54) is 6.07 Å². The molecule has 0 spiro atoms. The predicted molar refractivity (Wildman–Crippen MR) is 99.0 cm³/mol. The van der Waals surface area contributed by atoms with E-state index in [0.29, 0.717) is 5.69 Å². The van der Waals surface area contributed by atoms with Crippen LogP contribution in [0.1, 0.15) is 11.1 Å². The highest BCUT2D eigenvalue weighted by atomic mass is 19.1. The minimum atomic E-state index is -0.697. The number of nitrogens with one attached hydrogen (secondary N) is 2. The Labute approximate surface area is 153 Å². The number of amides is 3. The molecule has 27 heavy (non-hydrogen) atoms. The van der Waals surface area contributed by atoms with Gasteiger partial charge in [-0.15, -0.1) is 0 Å². The van der Waals surface area contributed by atoms with Crippen molar-refractivity contribution in [2.45, 2.75) is 20.4 Å². The number of imide groups is 1. The van der Waals surface area contributed by atoms with Gasteiger partial charge in [0.15, 0.2) is 0 Å². The van der Waals surface area contributed by atoms with Crippen molar-refractivity contribution in [3.05, 3.63) is 70.0 Å². The highest BCUT2D eigenvalue weighted by Crippen LogP contribution is 2.17. The highest BCUT2D eigenvalue weighted by molar-refractivity contribution is 6.01. The first-order valence-electron chi connectivity index (χ1n) is 8.17. The molecule has 0 saturated heterocycles. The number of benzene rings is 2. The van der Waals surface area contributed by atoms with Gasteiger partial charge in [-0.2, -0.15) is 0 Å². The van der Waals surface area contributed by atoms with E-state index in [1.807, 2.05) is 19.9 Å². The number of carbonyl (C=O) groups is 2. The lowest BCUT2D eigenvalue weighted by Crippen LogP contribution is -2.38. The van der Waals surface area contributed by atoms with Crippen molar-refractivity contribution in [3.63, 3.8) is 0 Å². The molecule has 0 aliphatic carbocycles. The molecule has 0 bridgehead atoms. The lowest BCUT2D eigenvalue weighted by atomic mass is 10.1. The number of urea groups is 1. The van der Waals surface area contributed by atoms with Crippen molar-refractivity contribution in [2.75, 3.05) is 5.32 Å². The maximum absolute atomic E-state index is 13.2. The molecule has 3 amide bonds. The number of hydrogen-bond acceptors (Lipinski definition) is 4. The van der Waals surface area contributed by atoms with Crippen LogP contribution >= 0.6 is 0 Å². The van der Waals surface area contributed by atoms with Crippen LogP contribution in [0.3, 0.4) is 0 Å². The number of anilines is 1. The summed E-state index contributed by atoms with van der Waals surface area (Å²) in [6.45, 7) is 3.38. The zero-order chi connectivity index (χ0) is 19.6. The van der Waals surface area contributed by atoms with Gasteiger partial charge in [-0.05, 0) is 43.2 Å². The highest BCUT2D eigenvalue weighted by Gasteiger charge is 2.12. The summed E-state index contributed by atoms with van der Waals surface area (Å²) in [6, 6.07) is 8.33. The number of rotatable bonds is 3. The summed E-state index contributed by atoms with van der Waals surface area (Å²) in [7, 11) is 0. The number of halogens is 1. The topological polar surface area (TPSA) is 93.1 Å². The standard InChI is InChI=1S/C19H17FN4O3/c1-11-4-3-5-15(12(11)2)22-19(27)23-17(25)9-24-10-21-16-8-13(20)6-7-14(16)18(24)26/h3-8,10H,9H2,1-2H3,(H2,22,23,25,27). The number of nitrogens with zero attached hydrogens (tertiary/aromatic N) is 2. The monoisotopic (exact) mass is 368 g/mol. The van der Waals surface area contributed by atoms with Crippen molar-refractivity contribution in [2.24, 2.45) is 0 Å². The third-order valence-corrected chi connectivity index (χ3v) is 4.21. The van der Waals surface area contributed by atoms with Crippen LogP contribution in [0.25, 0.3) is 10.9 Å². The maximum atomic E-state index is 13.2. The van der Waals surface area contributed by atoms with Gasteiger partial charge in [0.05, 0.1) is 17.2 Å². The van der Waals surface area contributed by atoms with E-state index in [2.05, 4.69) is 15.6 Å². The molecule has 3 aromatic rings. The second-order valence-electron chi connectivity index (χ2n) is 6.09. The average Bonchev–Trinajstić information content (AvgIpc) is 2.61. The second kappa shape index (κ2) is 7.36. The minimum Gasteiger partial charge on any atom is -0.307 e. The van der Waals surface area contributed by atoms with Gasteiger partial charge < -0.3 is 5.32 Å². The first-order valence-corrected chi connectivity index (χ1v) is 8.17. The van der Waals surface area contributed by atoms with E-state index in [0.717, 1.165) is 34.2 Å². The molecular weight excluding hydrogens is 351 g/mol. The van der Waals surface area contributed by atoms with E-state index < -0.39 is 23.3 Å². The Kier molecular flexibility index (Phi) is 4.98. The summed E-state index contributed by atoms with van der Waals surface area (Å²) >= 11 is 0. The molecule has 0 aliphatic rings. The van der Waals surface area contributed by atoms with E-state index >= 15 is 0 Å². The lowest BCUT2D eigenvalue weighted by Gasteiger charge is -2.11. The third kappa shape index (κ3) is 4.00. The second-order valence-corrected chi connectivity index (χ2v) is 6.09. The van der Waals surface area contributed by atoms with E-state index in [1.54, 1.807) is 12.1 Å². The fraction of sp³-hybridized carbons (Fsp3) is 0.158. The Morgan fingerprint density at radius 1 is 1.19 bits per heavy atom. The molecule has 7 nitrogen and oxygen atoms in total. The van der Waals surface area contributed by atoms with Gasteiger partial charge in [-0.3, -0.25) is 19.5 Å². The molecule has 0 saturated carbocycles. The number of aromatic nitrogens is 2. The van der Waals surface area contributed by atoms with Gasteiger partial charge in [0.25, 0.3) is 5.56 Å². The Balaban J connectivity index is 1.70. The van der Waals surface area contributed by atoms with Gasteiger partial charge in [0, 0.05) is 11.8 Å². The Bertz CT molecular complexity index is 1110. The van der Waals surface area contributed by atoms with Gasteiger partial charge in [-0.1, -0.05) is 12.1 Å². The van der Waals surface area contributed by atoms with Crippen LogP contribution in [0, 0.1) is 19.7 Å². The molecule has 2 N–H and O–H groups in total. The van der Waals surface area contributed by atoms with Gasteiger partial charge in [0.1, 0.15) is 12.4 Å². The Morgan fingerprint density at radius 3 is 2.74 bits per heavy atom. The summed E-state index contributed by atoms with van der Waals surface area (Å²) in [5, 5.41) is 4.96. The van der Waals surface area contributed by atoms with Crippen molar-refractivity contribution < 1.29 is 14.0 Å². The van der Waals surface area contributed by atoms with Crippen LogP contribution in [0.4, 0.5) is 14.9 Å². The van der Waals surface area contributed by atoms with Crippen molar-refractivity contribution in [3.8, 4) is 0 Å². The van der Waals surface area contributed by atoms with Crippen LogP contribution in [0.2, 0.25) is 0 Å². The molecule has 3 rings (SSSR count). The first kappa shape index (κ1) is 18.2. The van der Waals surface area contributed by atoms with Crippen molar-refractivity contribution in [1.82, 2.24) is 14.9 Å². The number of hydrogen-bond donors (Lipinski definition) is 2. The molecule has 1 aromatic heterocycles. The van der Waals surface area contributed by atoms with Gasteiger partial charge >= 0.3 is 6.03 Å². The lowest BCUT2D eigenvalue weighted by molar-refractivity contribution is -0.120. The van der Waals surface area contributed by atoms with Crippen LogP contribution in [-0.2, 0) is 11.3 Å². The molecule has 0 fully saturated rings. The van der Waals surface area contributed by atoms with E-state index in [4.69, 9.17) is 0 Å². The predicted octanol–water partition coefficient (Wildman–Crippen LogP) is 2.50. The molecule has 8 heteroatoms. The van der Waals surface area contributed by atoms with Crippen molar-refractivity contribution in [1.29, 1.82) is 0 Å². The number of carbonyl (C=O) groups excluding carboxylic acids is 2. The molecule has 0 aliphatic heterocycles. The zero-order valence-corrected chi connectivity index (χ0v) is 14.7. The van der Waals surface area contributed by atoms with E-state index in [-0.39, 0.29) is 17.4 Å². The summed E-state index contributed by atoms with van der Waals surface area (Å²) in [5.41, 5.74) is 2.19. The van der Waals surface area contributed by atoms with Gasteiger partial charge in [0.2, 0.25) is 5.91 Å². The summed E-state index contributed by atoms with van der Waals surface area (Å²) < 4.78 is 14.3. The van der Waals surface area contributed by atoms with Crippen LogP contribution in [0.5, 0.6) is 0 Å². The number of aryl methyl sites for hydroxylation is 1. The first-order chi connectivity index (χ1) is 12.8. The van der Waals surface area contributed by atoms with Crippen LogP contribution in [-0.4, -0.2) is 21.5 Å². The van der Waals surface area contributed by atoms with Crippen LogP contribution in [0.15, 0.2) is 47.5 Å². The fourth-order valence-electron chi connectivity index (χ4n) is 2.61. The molecular formula is C19H17FN4O3. The largest absolute Gasteiger partial charge is 0.325 e. The van der Waals surface area contributed by atoms with Gasteiger partial charge in [-0.25, -0.2) is 14.2 Å². The molecule has 0 atom stereocenters. The summed E-state index contributed by atoms with van der Waals surface area (Å²) in [5.74, 6) is -1.18. The fourth-order valence-corrected chi connectivity index (χ4v) is 2.61. The quantitative estimate of drug-likeness (QED) is 0.743. The summed E-state index contributed by atoms with van der Waals surface area (Å²) in [6.07, 6.45) is 1.15. The Morgan fingerprint density at radius 2 is 1.96 bits per heavy atom. The average molecular weight is 368 g/mol. The normalized spacial score (nSPS) is 10.6. The number of fused-ring (bicyclic) bond motifs is 1. The SMILES string of the molecule is Cc1cccc(NC(=O)NC(=O)Cn2cnc3cc(F)ccc3c2=O)c1C. The molecule has 138 valence electrons.